The van der Waals surface area contributed by atoms with E-state index in [1.54, 1.807) is 12.1 Å². The number of aromatic nitrogens is 2. The van der Waals surface area contributed by atoms with E-state index in [0.717, 1.165) is 0 Å². The standard InChI is InChI=1S/C8H7N5O2/c1-15-7-3-5-4(10-8(14)11-5)2-6(7)12-13-9/h2-3H,1H3,(H2,10,11,14). The Morgan fingerprint density at radius 1 is 1.40 bits per heavy atom. The molecule has 0 aliphatic carbocycles. The Morgan fingerprint density at radius 3 is 2.67 bits per heavy atom. The third-order valence-electron chi connectivity index (χ3n) is 1.97. The maximum absolute atomic E-state index is 11.0. The minimum Gasteiger partial charge on any atom is -0.496 e. The van der Waals surface area contributed by atoms with E-state index in [4.69, 9.17) is 10.3 Å². The summed E-state index contributed by atoms with van der Waals surface area (Å²) >= 11 is 0. The van der Waals surface area contributed by atoms with Crippen molar-refractivity contribution in [2.45, 2.75) is 0 Å². The molecule has 0 saturated heterocycles. The summed E-state index contributed by atoms with van der Waals surface area (Å²) in [6.07, 6.45) is 0. The molecule has 0 atom stereocenters. The Hall–Kier alpha value is -2.40. The fourth-order valence-electron chi connectivity index (χ4n) is 1.34. The predicted molar refractivity (Wildman–Crippen MR) is 54.3 cm³/mol. The average Bonchev–Trinajstić information content (AvgIpc) is 2.56. The van der Waals surface area contributed by atoms with E-state index in [9.17, 15) is 4.79 Å². The van der Waals surface area contributed by atoms with E-state index in [0.29, 0.717) is 22.5 Å². The number of nitrogens with zero attached hydrogens (tertiary/aromatic N) is 3. The summed E-state index contributed by atoms with van der Waals surface area (Å²) in [5, 5.41) is 3.46. The molecular weight excluding hydrogens is 198 g/mol. The number of nitrogens with one attached hydrogen (secondary N) is 2. The number of aromatic amines is 2. The van der Waals surface area contributed by atoms with Crippen molar-refractivity contribution in [1.82, 2.24) is 9.97 Å². The van der Waals surface area contributed by atoms with Gasteiger partial charge < -0.3 is 14.7 Å². The van der Waals surface area contributed by atoms with Gasteiger partial charge in [0.1, 0.15) is 5.75 Å². The molecule has 2 rings (SSSR count). The summed E-state index contributed by atoms with van der Waals surface area (Å²) in [7, 11) is 1.46. The molecule has 1 aromatic carbocycles. The summed E-state index contributed by atoms with van der Waals surface area (Å²) < 4.78 is 5.01. The molecule has 0 radical (unpaired) electrons. The van der Waals surface area contributed by atoms with Crippen molar-refractivity contribution < 1.29 is 4.74 Å². The van der Waals surface area contributed by atoms with Gasteiger partial charge in [0.05, 0.1) is 23.8 Å². The van der Waals surface area contributed by atoms with Gasteiger partial charge in [0.2, 0.25) is 0 Å². The highest BCUT2D eigenvalue weighted by atomic mass is 16.5. The maximum atomic E-state index is 11.0. The number of rotatable bonds is 2. The first-order valence-corrected chi connectivity index (χ1v) is 4.09. The molecule has 0 aliphatic rings. The Balaban J connectivity index is 2.78. The van der Waals surface area contributed by atoms with Crippen LogP contribution in [0.25, 0.3) is 21.5 Å². The van der Waals surface area contributed by atoms with Gasteiger partial charge in [-0.3, -0.25) is 0 Å². The van der Waals surface area contributed by atoms with Crippen LogP contribution >= 0.6 is 0 Å². The predicted octanol–water partition coefficient (Wildman–Crippen LogP) is 1.81. The molecule has 15 heavy (non-hydrogen) atoms. The van der Waals surface area contributed by atoms with Gasteiger partial charge >= 0.3 is 5.69 Å². The van der Waals surface area contributed by atoms with Crippen LogP contribution in [-0.2, 0) is 0 Å². The van der Waals surface area contributed by atoms with Crippen molar-refractivity contribution >= 4 is 16.7 Å². The topological polar surface area (TPSA) is 107 Å². The quantitative estimate of drug-likeness (QED) is 0.443. The number of H-pyrrole nitrogens is 2. The van der Waals surface area contributed by atoms with Crippen LogP contribution in [0, 0.1) is 0 Å². The van der Waals surface area contributed by atoms with Crippen LogP contribution in [0.3, 0.4) is 0 Å². The highest BCUT2D eigenvalue weighted by Gasteiger charge is 2.05. The number of hydrogen-bond acceptors (Lipinski definition) is 3. The smallest absolute Gasteiger partial charge is 0.323 e. The normalized spacial score (nSPS) is 9.93. The number of benzene rings is 1. The monoisotopic (exact) mass is 205 g/mol. The molecule has 7 nitrogen and oxygen atoms in total. The number of hydrogen-bond donors (Lipinski definition) is 2. The zero-order valence-electron chi connectivity index (χ0n) is 7.81. The molecule has 76 valence electrons. The number of imidazole rings is 1. The van der Waals surface area contributed by atoms with Crippen molar-refractivity contribution in [3.05, 3.63) is 33.1 Å². The van der Waals surface area contributed by atoms with E-state index in [1.807, 2.05) is 0 Å². The zero-order chi connectivity index (χ0) is 10.8. The summed E-state index contributed by atoms with van der Waals surface area (Å²) in [4.78, 5) is 18.8. The zero-order valence-corrected chi connectivity index (χ0v) is 7.81. The summed E-state index contributed by atoms with van der Waals surface area (Å²) in [6.45, 7) is 0. The van der Waals surface area contributed by atoms with Gasteiger partial charge in [-0.05, 0) is 11.6 Å². The van der Waals surface area contributed by atoms with E-state index in [2.05, 4.69) is 20.0 Å². The fourth-order valence-corrected chi connectivity index (χ4v) is 1.34. The lowest BCUT2D eigenvalue weighted by molar-refractivity contribution is 0.416. The molecule has 0 unspecified atom stereocenters. The van der Waals surface area contributed by atoms with Crippen molar-refractivity contribution in [3.8, 4) is 5.75 Å². The molecule has 0 fully saturated rings. The summed E-state index contributed by atoms with van der Waals surface area (Å²) in [5.74, 6) is 0.413. The number of methoxy groups -OCH3 is 1. The Labute approximate surface area is 83.3 Å². The molecule has 1 aromatic heterocycles. The van der Waals surface area contributed by atoms with Crippen molar-refractivity contribution in [2.75, 3.05) is 7.11 Å². The molecule has 0 saturated carbocycles. The van der Waals surface area contributed by atoms with E-state index >= 15 is 0 Å². The molecule has 7 heteroatoms. The molecule has 2 N–H and O–H groups in total. The lowest BCUT2D eigenvalue weighted by Gasteiger charge is -2.02. The first-order valence-electron chi connectivity index (χ1n) is 4.09. The van der Waals surface area contributed by atoms with Gasteiger partial charge in [-0.25, -0.2) is 4.79 Å². The molecule has 2 aromatic rings. The minimum atomic E-state index is -0.315. The minimum absolute atomic E-state index is 0.315. The van der Waals surface area contributed by atoms with Gasteiger partial charge in [0.15, 0.2) is 0 Å². The lowest BCUT2D eigenvalue weighted by Crippen LogP contribution is -1.99. The van der Waals surface area contributed by atoms with Crippen molar-refractivity contribution in [3.63, 3.8) is 0 Å². The van der Waals surface area contributed by atoms with Crippen LogP contribution < -0.4 is 10.4 Å². The van der Waals surface area contributed by atoms with E-state index in [-0.39, 0.29) is 5.69 Å². The van der Waals surface area contributed by atoms with Crippen LogP contribution in [0.1, 0.15) is 0 Å². The van der Waals surface area contributed by atoms with Gasteiger partial charge in [-0.15, -0.1) is 0 Å². The molecule has 0 bridgehead atoms. The van der Waals surface area contributed by atoms with Crippen LogP contribution in [0.4, 0.5) is 5.69 Å². The number of ether oxygens (including phenoxy) is 1. The molecular formula is C8H7N5O2. The lowest BCUT2D eigenvalue weighted by atomic mass is 10.2. The molecule has 1 heterocycles. The third kappa shape index (κ3) is 1.51. The van der Waals surface area contributed by atoms with Gasteiger partial charge in [-0.1, -0.05) is 5.11 Å². The van der Waals surface area contributed by atoms with Gasteiger partial charge in [-0.2, -0.15) is 0 Å². The van der Waals surface area contributed by atoms with Crippen LogP contribution in [-0.4, -0.2) is 17.1 Å². The molecule has 0 amide bonds. The highest BCUT2D eigenvalue weighted by Crippen LogP contribution is 2.30. The van der Waals surface area contributed by atoms with Crippen LogP contribution in [0.2, 0.25) is 0 Å². The second-order valence-corrected chi connectivity index (χ2v) is 2.84. The second kappa shape index (κ2) is 3.39. The Kier molecular flexibility index (Phi) is 2.07. The van der Waals surface area contributed by atoms with Gasteiger partial charge in [0.25, 0.3) is 0 Å². The second-order valence-electron chi connectivity index (χ2n) is 2.84. The number of fused-ring (bicyclic) bond motifs is 1. The van der Waals surface area contributed by atoms with Crippen LogP contribution in [0.15, 0.2) is 22.0 Å². The average molecular weight is 205 g/mol. The Morgan fingerprint density at radius 2 is 2.07 bits per heavy atom. The number of azide groups is 1. The summed E-state index contributed by atoms with van der Waals surface area (Å²) in [6, 6.07) is 3.14. The SMILES string of the molecule is COc1cc2[nH]c(=O)[nH]c2cc1N=[N+]=[N-]. The van der Waals surface area contributed by atoms with Crippen molar-refractivity contribution in [1.29, 1.82) is 0 Å². The molecule has 0 aliphatic heterocycles. The van der Waals surface area contributed by atoms with E-state index in [1.165, 1.54) is 7.11 Å². The maximum Gasteiger partial charge on any atom is 0.323 e. The first kappa shape index (κ1) is 9.17. The third-order valence-corrected chi connectivity index (χ3v) is 1.97. The van der Waals surface area contributed by atoms with Gasteiger partial charge in [0, 0.05) is 11.0 Å². The first-order chi connectivity index (χ1) is 7.24. The van der Waals surface area contributed by atoms with Crippen molar-refractivity contribution in [2.24, 2.45) is 5.11 Å². The highest BCUT2D eigenvalue weighted by molar-refractivity contribution is 5.81. The molecule has 0 spiro atoms. The summed E-state index contributed by atoms with van der Waals surface area (Å²) in [5.41, 5.74) is 9.54. The Bertz CT molecular complexity index is 605. The van der Waals surface area contributed by atoms with Crippen LogP contribution in [0.5, 0.6) is 5.75 Å². The largest absolute Gasteiger partial charge is 0.496 e. The van der Waals surface area contributed by atoms with E-state index < -0.39 is 0 Å². The fraction of sp³-hybridized carbons (Fsp3) is 0.125.